The number of carboxylic acid groups (broad SMARTS) is 1. The molecule has 0 bridgehead atoms. The van der Waals surface area contributed by atoms with E-state index in [1.165, 1.54) is 4.90 Å². The number of carbonyl (C=O) groups excluding carboxylic acids is 1. The predicted octanol–water partition coefficient (Wildman–Crippen LogP) is -0.977. The van der Waals surface area contributed by atoms with Crippen molar-refractivity contribution in [2.75, 3.05) is 54.4 Å². The Morgan fingerprint density at radius 3 is 1.94 bits per heavy atom. The minimum Gasteiger partial charge on any atom is -0.480 e. The van der Waals surface area contributed by atoms with Crippen LogP contribution in [0.2, 0.25) is 0 Å². The summed E-state index contributed by atoms with van der Waals surface area (Å²) in [6, 6.07) is 0. The van der Waals surface area contributed by atoms with Crippen molar-refractivity contribution in [2.45, 2.75) is 0 Å². The molecule has 0 aliphatic carbocycles. The van der Waals surface area contributed by atoms with Gasteiger partial charge < -0.3 is 14.9 Å². The van der Waals surface area contributed by atoms with Crippen molar-refractivity contribution in [1.29, 1.82) is 0 Å². The van der Waals surface area contributed by atoms with Gasteiger partial charge in [0.1, 0.15) is 0 Å². The van der Waals surface area contributed by atoms with Crippen LogP contribution in [-0.4, -0.2) is 86.1 Å². The third kappa shape index (κ3) is 7.19. The Labute approximate surface area is 96.4 Å². The number of rotatable bonds is 7. The van der Waals surface area contributed by atoms with Crippen LogP contribution in [0.1, 0.15) is 0 Å². The average Bonchev–Trinajstić information content (AvgIpc) is 2.12. The molecule has 16 heavy (non-hydrogen) atoms. The van der Waals surface area contributed by atoms with Crippen molar-refractivity contribution in [2.24, 2.45) is 0 Å². The van der Waals surface area contributed by atoms with E-state index in [2.05, 4.69) is 0 Å². The van der Waals surface area contributed by atoms with Gasteiger partial charge in [-0.15, -0.1) is 0 Å². The SMILES string of the molecule is CN(C)CCN(CC(=O)O)CC(=O)N(C)C. The van der Waals surface area contributed by atoms with Gasteiger partial charge in [0.2, 0.25) is 5.91 Å². The number of likely N-dealkylation sites (N-methyl/N-ethyl adjacent to an activating group) is 2. The summed E-state index contributed by atoms with van der Waals surface area (Å²) < 4.78 is 0. The first kappa shape index (κ1) is 14.9. The van der Waals surface area contributed by atoms with E-state index < -0.39 is 5.97 Å². The molecule has 0 saturated carbocycles. The van der Waals surface area contributed by atoms with Crippen LogP contribution >= 0.6 is 0 Å². The van der Waals surface area contributed by atoms with Crippen LogP contribution in [0.15, 0.2) is 0 Å². The van der Waals surface area contributed by atoms with Crippen molar-refractivity contribution in [3.05, 3.63) is 0 Å². The summed E-state index contributed by atoms with van der Waals surface area (Å²) in [7, 11) is 7.14. The summed E-state index contributed by atoms with van der Waals surface area (Å²) in [4.78, 5) is 27.1. The van der Waals surface area contributed by atoms with E-state index in [-0.39, 0.29) is 19.0 Å². The molecule has 0 aliphatic heterocycles. The van der Waals surface area contributed by atoms with E-state index in [1.807, 2.05) is 19.0 Å². The lowest BCUT2D eigenvalue weighted by atomic mass is 10.4. The van der Waals surface area contributed by atoms with Gasteiger partial charge in [-0.1, -0.05) is 0 Å². The number of amides is 1. The maximum Gasteiger partial charge on any atom is 0.317 e. The fourth-order valence-corrected chi connectivity index (χ4v) is 1.08. The van der Waals surface area contributed by atoms with Gasteiger partial charge in [0.25, 0.3) is 0 Å². The molecule has 1 amide bonds. The molecule has 0 aliphatic rings. The molecular formula is C10H21N3O3. The molecule has 0 radical (unpaired) electrons. The fraction of sp³-hybridized carbons (Fsp3) is 0.800. The average molecular weight is 231 g/mol. The van der Waals surface area contributed by atoms with Crippen LogP contribution in [0.25, 0.3) is 0 Å². The summed E-state index contributed by atoms with van der Waals surface area (Å²) in [6.45, 7) is 1.34. The number of hydrogen-bond donors (Lipinski definition) is 1. The highest BCUT2D eigenvalue weighted by atomic mass is 16.4. The zero-order valence-electron chi connectivity index (χ0n) is 10.4. The summed E-state index contributed by atoms with van der Waals surface area (Å²) in [5, 5.41) is 8.72. The maximum absolute atomic E-state index is 11.5. The van der Waals surface area contributed by atoms with Crippen LogP contribution in [0.5, 0.6) is 0 Å². The Hall–Kier alpha value is -1.14. The minimum absolute atomic E-state index is 0.0833. The predicted molar refractivity (Wildman–Crippen MR) is 61.3 cm³/mol. The molecule has 0 rings (SSSR count). The van der Waals surface area contributed by atoms with E-state index in [0.717, 1.165) is 6.54 Å². The Kier molecular flexibility index (Phi) is 6.67. The van der Waals surface area contributed by atoms with Crippen molar-refractivity contribution in [3.8, 4) is 0 Å². The molecule has 94 valence electrons. The van der Waals surface area contributed by atoms with Gasteiger partial charge in [-0.25, -0.2) is 0 Å². The highest BCUT2D eigenvalue weighted by molar-refractivity contribution is 5.78. The summed E-state index contributed by atoms with van der Waals surface area (Å²) in [6.07, 6.45) is 0. The van der Waals surface area contributed by atoms with Gasteiger partial charge in [0, 0.05) is 27.2 Å². The molecule has 0 atom stereocenters. The van der Waals surface area contributed by atoms with Crippen molar-refractivity contribution >= 4 is 11.9 Å². The Morgan fingerprint density at radius 1 is 1.00 bits per heavy atom. The number of aliphatic carboxylic acids is 1. The summed E-state index contributed by atoms with van der Waals surface area (Å²) in [5.41, 5.74) is 0. The van der Waals surface area contributed by atoms with Gasteiger partial charge in [-0.05, 0) is 14.1 Å². The lowest BCUT2D eigenvalue weighted by Gasteiger charge is -2.23. The minimum atomic E-state index is -0.912. The smallest absolute Gasteiger partial charge is 0.317 e. The zero-order valence-corrected chi connectivity index (χ0v) is 10.4. The maximum atomic E-state index is 11.5. The van der Waals surface area contributed by atoms with Gasteiger partial charge in [0.15, 0.2) is 0 Å². The highest BCUT2D eigenvalue weighted by Crippen LogP contribution is 1.92. The second-order valence-electron chi connectivity index (χ2n) is 4.20. The van der Waals surface area contributed by atoms with Crippen LogP contribution in [0, 0.1) is 0 Å². The second-order valence-corrected chi connectivity index (χ2v) is 4.20. The number of carbonyl (C=O) groups is 2. The molecule has 0 heterocycles. The standard InChI is InChI=1S/C10H21N3O3/c1-11(2)5-6-13(8-10(15)16)7-9(14)12(3)4/h5-8H2,1-4H3,(H,15,16). The van der Waals surface area contributed by atoms with E-state index >= 15 is 0 Å². The Balaban J connectivity index is 4.20. The number of hydrogen-bond acceptors (Lipinski definition) is 4. The Bertz CT molecular complexity index is 241. The van der Waals surface area contributed by atoms with Crippen molar-refractivity contribution < 1.29 is 14.7 Å². The van der Waals surface area contributed by atoms with Gasteiger partial charge in [-0.2, -0.15) is 0 Å². The number of carboxylic acids is 1. The van der Waals surface area contributed by atoms with E-state index in [4.69, 9.17) is 5.11 Å². The molecule has 0 aromatic rings. The van der Waals surface area contributed by atoms with Crippen molar-refractivity contribution in [3.63, 3.8) is 0 Å². The largest absolute Gasteiger partial charge is 0.480 e. The van der Waals surface area contributed by atoms with Gasteiger partial charge in [0.05, 0.1) is 13.1 Å². The lowest BCUT2D eigenvalue weighted by molar-refractivity contribution is -0.139. The summed E-state index contributed by atoms with van der Waals surface area (Å²) in [5.74, 6) is -0.995. The zero-order chi connectivity index (χ0) is 12.7. The van der Waals surface area contributed by atoms with E-state index in [0.29, 0.717) is 6.54 Å². The molecule has 0 saturated heterocycles. The van der Waals surface area contributed by atoms with Crippen molar-refractivity contribution in [1.82, 2.24) is 14.7 Å². The third-order valence-electron chi connectivity index (χ3n) is 2.08. The number of nitrogens with zero attached hydrogens (tertiary/aromatic N) is 3. The third-order valence-corrected chi connectivity index (χ3v) is 2.08. The molecule has 1 N–H and O–H groups in total. The van der Waals surface area contributed by atoms with Crippen LogP contribution in [0.4, 0.5) is 0 Å². The summed E-state index contributed by atoms with van der Waals surface area (Å²) >= 11 is 0. The molecule has 0 aromatic carbocycles. The molecule has 0 unspecified atom stereocenters. The normalized spacial score (nSPS) is 10.9. The van der Waals surface area contributed by atoms with E-state index in [9.17, 15) is 9.59 Å². The second kappa shape index (κ2) is 7.19. The molecular weight excluding hydrogens is 210 g/mol. The van der Waals surface area contributed by atoms with E-state index in [1.54, 1.807) is 19.0 Å². The highest BCUT2D eigenvalue weighted by Gasteiger charge is 2.14. The fourth-order valence-electron chi connectivity index (χ4n) is 1.08. The molecule has 0 fully saturated rings. The molecule has 6 heteroatoms. The van der Waals surface area contributed by atoms with Crippen LogP contribution in [0.3, 0.4) is 0 Å². The first-order valence-electron chi connectivity index (χ1n) is 5.12. The topological polar surface area (TPSA) is 64.1 Å². The van der Waals surface area contributed by atoms with Gasteiger partial charge in [-0.3, -0.25) is 14.5 Å². The Morgan fingerprint density at radius 2 is 1.56 bits per heavy atom. The monoisotopic (exact) mass is 231 g/mol. The molecule has 0 aromatic heterocycles. The van der Waals surface area contributed by atoms with Crippen LogP contribution in [-0.2, 0) is 9.59 Å². The van der Waals surface area contributed by atoms with Gasteiger partial charge >= 0.3 is 5.97 Å². The van der Waals surface area contributed by atoms with Crippen LogP contribution < -0.4 is 0 Å². The lowest BCUT2D eigenvalue weighted by Crippen LogP contribution is -2.42. The molecule has 0 spiro atoms. The molecule has 6 nitrogen and oxygen atoms in total. The first-order chi connectivity index (χ1) is 7.32. The quantitative estimate of drug-likeness (QED) is 0.610. The first-order valence-corrected chi connectivity index (χ1v) is 5.12.